The summed E-state index contributed by atoms with van der Waals surface area (Å²) >= 11 is 0. The highest BCUT2D eigenvalue weighted by Gasteiger charge is 2.59. The van der Waals surface area contributed by atoms with Crippen molar-refractivity contribution in [2.75, 3.05) is 0 Å². The average Bonchev–Trinajstić information content (AvgIpc) is 2.71. The number of hydrogen-bond acceptors (Lipinski definition) is 1. The molecular weight excluding hydrogens is 230 g/mol. The van der Waals surface area contributed by atoms with Gasteiger partial charge in [0.1, 0.15) is 0 Å². The predicted molar refractivity (Wildman–Crippen MR) is 82.2 cm³/mol. The van der Waals surface area contributed by atoms with E-state index < -0.39 is 0 Å². The second kappa shape index (κ2) is 4.76. The van der Waals surface area contributed by atoms with Gasteiger partial charge < -0.3 is 5.32 Å². The molecule has 1 nitrogen and oxygen atoms in total. The minimum absolute atomic E-state index is 0.519. The van der Waals surface area contributed by atoms with Gasteiger partial charge in [0, 0.05) is 12.1 Å². The molecule has 3 rings (SSSR count). The summed E-state index contributed by atoms with van der Waals surface area (Å²) in [5.74, 6) is 1.93. The SMILES string of the molecule is CC1CCCC(NC2C3(C)CCC(C3)C2(C)C)CC1. The van der Waals surface area contributed by atoms with Gasteiger partial charge in [-0.25, -0.2) is 0 Å². The van der Waals surface area contributed by atoms with Crippen molar-refractivity contribution in [2.24, 2.45) is 22.7 Å². The lowest BCUT2D eigenvalue weighted by atomic mass is 9.68. The van der Waals surface area contributed by atoms with Crippen molar-refractivity contribution in [3.8, 4) is 0 Å². The number of hydrogen-bond donors (Lipinski definition) is 1. The number of rotatable bonds is 2. The van der Waals surface area contributed by atoms with Crippen molar-refractivity contribution in [3.63, 3.8) is 0 Å². The van der Waals surface area contributed by atoms with Gasteiger partial charge in [-0.15, -0.1) is 0 Å². The van der Waals surface area contributed by atoms with Crippen LogP contribution in [0.4, 0.5) is 0 Å². The lowest BCUT2D eigenvalue weighted by molar-refractivity contribution is 0.0958. The van der Waals surface area contributed by atoms with Crippen molar-refractivity contribution >= 4 is 0 Å². The van der Waals surface area contributed by atoms with Gasteiger partial charge in [-0.3, -0.25) is 0 Å². The molecule has 3 aliphatic rings. The average molecular weight is 263 g/mol. The van der Waals surface area contributed by atoms with Gasteiger partial charge in [-0.2, -0.15) is 0 Å². The van der Waals surface area contributed by atoms with Gasteiger partial charge in [-0.1, -0.05) is 40.5 Å². The van der Waals surface area contributed by atoms with Crippen LogP contribution in [0.1, 0.15) is 79.1 Å². The van der Waals surface area contributed by atoms with Crippen molar-refractivity contribution in [3.05, 3.63) is 0 Å². The quantitative estimate of drug-likeness (QED) is 0.708. The molecule has 0 radical (unpaired) electrons. The highest BCUT2D eigenvalue weighted by molar-refractivity contribution is 5.12. The molecule has 0 aromatic rings. The first-order chi connectivity index (χ1) is 8.92. The van der Waals surface area contributed by atoms with Crippen LogP contribution in [0, 0.1) is 22.7 Å². The fourth-order valence-electron chi connectivity index (χ4n) is 5.61. The van der Waals surface area contributed by atoms with Crippen LogP contribution in [0.3, 0.4) is 0 Å². The first kappa shape index (κ1) is 13.9. The Morgan fingerprint density at radius 1 is 0.947 bits per heavy atom. The molecule has 5 unspecified atom stereocenters. The molecule has 3 fully saturated rings. The maximum absolute atomic E-state index is 4.14. The van der Waals surface area contributed by atoms with Crippen LogP contribution in [-0.2, 0) is 0 Å². The van der Waals surface area contributed by atoms with Crippen molar-refractivity contribution < 1.29 is 0 Å². The minimum Gasteiger partial charge on any atom is -0.310 e. The molecule has 3 aliphatic carbocycles. The summed E-state index contributed by atoms with van der Waals surface area (Å²) in [6.45, 7) is 10.0. The normalized spacial score (nSPS) is 49.3. The molecule has 19 heavy (non-hydrogen) atoms. The largest absolute Gasteiger partial charge is 0.310 e. The Hall–Kier alpha value is -0.0400. The van der Waals surface area contributed by atoms with Crippen LogP contribution < -0.4 is 5.32 Å². The highest BCUT2D eigenvalue weighted by Crippen LogP contribution is 2.62. The summed E-state index contributed by atoms with van der Waals surface area (Å²) in [4.78, 5) is 0. The fourth-order valence-corrected chi connectivity index (χ4v) is 5.61. The van der Waals surface area contributed by atoms with E-state index in [0.717, 1.165) is 23.9 Å². The molecule has 0 amide bonds. The smallest absolute Gasteiger partial charge is 0.0177 e. The van der Waals surface area contributed by atoms with Crippen molar-refractivity contribution in [2.45, 2.75) is 91.1 Å². The molecule has 5 atom stereocenters. The van der Waals surface area contributed by atoms with E-state index in [-0.39, 0.29) is 0 Å². The number of nitrogens with one attached hydrogen (secondary N) is 1. The molecule has 1 heteroatoms. The fraction of sp³-hybridized carbons (Fsp3) is 1.00. The minimum atomic E-state index is 0.519. The third-order valence-corrected chi connectivity index (χ3v) is 6.93. The van der Waals surface area contributed by atoms with E-state index in [1.807, 2.05) is 0 Å². The van der Waals surface area contributed by atoms with Gasteiger partial charge in [0.25, 0.3) is 0 Å². The molecule has 0 aromatic heterocycles. The zero-order valence-electron chi connectivity index (χ0n) is 13.5. The first-order valence-electron chi connectivity index (χ1n) is 8.68. The molecule has 0 spiro atoms. The molecule has 0 aliphatic heterocycles. The Kier molecular flexibility index (Phi) is 3.48. The van der Waals surface area contributed by atoms with Crippen LogP contribution in [0.5, 0.6) is 0 Å². The Labute approximate surface area is 119 Å². The van der Waals surface area contributed by atoms with Crippen LogP contribution in [0.15, 0.2) is 0 Å². The van der Waals surface area contributed by atoms with Gasteiger partial charge in [0.15, 0.2) is 0 Å². The topological polar surface area (TPSA) is 12.0 Å². The Balaban J connectivity index is 1.69. The summed E-state index contributed by atoms with van der Waals surface area (Å²) in [6, 6.07) is 1.56. The van der Waals surface area contributed by atoms with Crippen molar-refractivity contribution in [1.29, 1.82) is 0 Å². The van der Waals surface area contributed by atoms with E-state index in [2.05, 4.69) is 33.0 Å². The van der Waals surface area contributed by atoms with Crippen LogP contribution >= 0.6 is 0 Å². The molecule has 0 aromatic carbocycles. The van der Waals surface area contributed by atoms with Crippen molar-refractivity contribution in [1.82, 2.24) is 5.32 Å². The second-order valence-electron chi connectivity index (χ2n) is 8.83. The lowest BCUT2D eigenvalue weighted by Gasteiger charge is -2.45. The molecule has 3 saturated carbocycles. The molecular formula is C18H33N. The second-order valence-corrected chi connectivity index (χ2v) is 8.83. The molecule has 110 valence electrons. The third-order valence-electron chi connectivity index (χ3n) is 6.93. The predicted octanol–water partition coefficient (Wildman–Crippen LogP) is 4.76. The van der Waals surface area contributed by atoms with Gasteiger partial charge in [-0.05, 0) is 61.2 Å². The Bertz CT molecular complexity index is 330. The van der Waals surface area contributed by atoms with Crippen LogP contribution in [0.2, 0.25) is 0 Å². The molecule has 2 bridgehead atoms. The van der Waals surface area contributed by atoms with E-state index in [1.165, 1.54) is 51.4 Å². The van der Waals surface area contributed by atoms with Crippen LogP contribution in [-0.4, -0.2) is 12.1 Å². The maximum atomic E-state index is 4.14. The van der Waals surface area contributed by atoms with E-state index in [1.54, 1.807) is 0 Å². The van der Waals surface area contributed by atoms with Gasteiger partial charge in [0.2, 0.25) is 0 Å². The molecule has 1 N–H and O–H groups in total. The first-order valence-corrected chi connectivity index (χ1v) is 8.68. The maximum Gasteiger partial charge on any atom is 0.0177 e. The summed E-state index contributed by atoms with van der Waals surface area (Å²) in [7, 11) is 0. The van der Waals surface area contributed by atoms with E-state index in [9.17, 15) is 0 Å². The summed E-state index contributed by atoms with van der Waals surface area (Å²) in [5.41, 5.74) is 1.11. The van der Waals surface area contributed by atoms with Gasteiger partial charge in [0.05, 0.1) is 0 Å². The van der Waals surface area contributed by atoms with E-state index >= 15 is 0 Å². The van der Waals surface area contributed by atoms with Crippen LogP contribution in [0.25, 0.3) is 0 Å². The zero-order chi connectivity index (χ0) is 13.7. The van der Waals surface area contributed by atoms with E-state index in [4.69, 9.17) is 0 Å². The molecule has 0 heterocycles. The summed E-state index contributed by atoms with van der Waals surface area (Å²) < 4.78 is 0. The van der Waals surface area contributed by atoms with Gasteiger partial charge >= 0.3 is 0 Å². The van der Waals surface area contributed by atoms with E-state index in [0.29, 0.717) is 10.8 Å². The Morgan fingerprint density at radius 2 is 1.74 bits per heavy atom. The summed E-state index contributed by atoms with van der Waals surface area (Å²) in [6.07, 6.45) is 11.6. The lowest BCUT2D eigenvalue weighted by Crippen LogP contribution is -2.53. The summed E-state index contributed by atoms with van der Waals surface area (Å²) in [5, 5.41) is 4.14. The Morgan fingerprint density at radius 3 is 2.42 bits per heavy atom. The zero-order valence-corrected chi connectivity index (χ0v) is 13.5. The monoisotopic (exact) mass is 263 g/mol. The number of fused-ring (bicyclic) bond motifs is 2. The third kappa shape index (κ3) is 2.37. The molecule has 0 saturated heterocycles. The standard InChI is InChI=1S/C18H33N/c1-13-6-5-7-15(9-8-13)19-16-17(2,3)14-10-11-18(16,4)12-14/h13-16,19H,5-12H2,1-4H3. The highest BCUT2D eigenvalue weighted by atomic mass is 15.0.